The van der Waals surface area contributed by atoms with Crippen LogP contribution in [-0.4, -0.2) is 37.1 Å². The van der Waals surface area contributed by atoms with E-state index in [-0.39, 0.29) is 25.2 Å². The number of amides is 1. The van der Waals surface area contributed by atoms with Gasteiger partial charge >= 0.3 is 6.09 Å². The molecule has 0 bridgehead atoms. The number of hydrogen-bond donors (Lipinski definition) is 2. The Bertz CT molecular complexity index is 396. The number of benzene rings is 1. The van der Waals surface area contributed by atoms with Gasteiger partial charge in [-0.05, 0) is 12.0 Å². The van der Waals surface area contributed by atoms with Crippen LogP contribution in [0.2, 0.25) is 0 Å². The van der Waals surface area contributed by atoms with Crippen molar-refractivity contribution < 1.29 is 19.4 Å². The predicted octanol–water partition coefficient (Wildman–Crippen LogP) is 1.31. The van der Waals surface area contributed by atoms with E-state index in [2.05, 4.69) is 5.32 Å². The van der Waals surface area contributed by atoms with Gasteiger partial charge in [-0.1, -0.05) is 30.3 Å². The minimum Gasteiger partial charge on any atom is -0.445 e. The Morgan fingerprint density at radius 2 is 2.21 bits per heavy atom. The van der Waals surface area contributed by atoms with Crippen molar-refractivity contribution in [1.29, 1.82) is 0 Å². The average Bonchev–Trinajstić information content (AvgIpc) is 2.47. The van der Waals surface area contributed by atoms with Crippen molar-refractivity contribution in [2.24, 2.45) is 5.92 Å². The molecule has 0 unspecified atom stereocenters. The summed E-state index contributed by atoms with van der Waals surface area (Å²) >= 11 is 0. The third-order valence-electron chi connectivity index (χ3n) is 3.22. The molecule has 1 amide bonds. The Balaban J connectivity index is 1.77. The molecular formula is C14H19NO4. The SMILES string of the molecule is O=C(N[C@H]1CCOC[C@H]1CO)OCc1ccccc1. The summed E-state index contributed by atoms with van der Waals surface area (Å²) < 4.78 is 10.4. The molecule has 19 heavy (non-hydrogen) atoms. The third kappa shape index (κ3) is 4.22. The molecular weight excluding hydrogens is 246 g/mol. The molecule has 1 saturated heterocycles. The maximum Gasteiger partial charge on any atom is 0.407 e. The number of ether oxygens (including phenoxy) is 2. The van der Waals surface area contributed by atoms with E-state index in [4.69, 9.17) is 9.47 Å². The van der Waals surface area contributed by atoms with Gasteiger partial charge in [0, 0.05) is 18.6 Å². The zero-order valence-electron chi connectivity index (χ0n) is 10.7. The highest BCUT2D eigenvalue weighted by Crippen LogP contribution is 2.14. The number of nitrogens with one attached hydrogen (secondary N) is 1. The molecule has 0 spiro atoms. The maximum atomic E-state index is 11.7. The lowest BCUT2D eigenvalue weighted by Gasteiger charge is -2.30. The van der Waals surface area contributed by atoms with E-state index >= 15 is 0 Å². The molecule has 0 radical (unpaired) electrons. The van der Waals surface area contributed by atoms with Gasteiger partial charge in [-0.3, -0.25) is 0 Å². The fraction of sp³-hybridized carbons (Fsp3) is 0.500. The molecule has 1 aliphatic rings. The number of hydrogen-bond acceptors (Lipinski definition) is 4. The number of alkyl carbamates (subject to hydrolysis) is 1. The molecule has 1 aromatic carbocycles. The molecule has 0 aromatic heterocycles. The summed E-state index contributed by atoms with van der Waals surface area (Å²) in [6.07, 6.45) is 0.250. The molecule has 1 heterocycles. The largest absolute Gasteiger partial charge is 0.445 e. The second kappa shape index (κ2) is 7.11. The van der Waals surface area contributed by atoms with Crippen LogP contribution >= 0.6 is 0 Å². The minimum absolute atomic E-state index is 0.00360. The second-order valence-electron chi connectivity index (χ2n) is 4.62. The van der Waals surface area contributed by atoms with Crippen LogP contribution in [0.25, 0.3) is 0 Å². The molecule has 5 nitrogen and oxygen atoms in total. The quantitative estimate of drug-likeness (QED) is 0.861. The summed E-state index contributed by atoms with van der Waals surface area (Å²) in [5.41, 5.74) is 0.948. The first-order valence-electron chi connectivity index (χ1n) is 6.45. The Kier molecular flexibility index (Phi) is 5.18. The number of carbonyl (C=O) groups excluding carboxylic acids is 1. The van der Waals surface area contributed by atoms with Gasteiger partial charge in [-0.2, -0.15) is 0 Å². The topological polar surface area (TPSA) is 67.8 Å². The summed E-state index contributed by atoms with van der Waals surface area (Å²) in [7, 11) is 0. The first kappa shape index (κ1) is 13.8. The Labute approximate surface area is 112 Å². The van der Waals surface area contributed by atoms with Crippen molar-refractivity contribution >= 4 is 6.09 Å². The van der Waals surface area contributed by atoms with Gasteiger partial charge in [0.15, 0.2) is 0 Å². The van der Waals surface area contributed by atoms with E-state index < -0.39 is 6.09 Å². The highest BCUT2D eigenvalue weighted by Gasteiger charge is 2.26. The van der Waals surface area contributed by atoms with E-state index in [0.29, 0.717) is 19.6 Å². The molecule has 1 aliphatic heterocycles. The normalized spacial score (nSPS) is 22.8. The van der Waals surface area contributed by atoms with Crippen molar-refractivity contribution in [3.8, 4) is 0 Å². The third-order valence-corrected chi connectivity index (χ3v) is 3.22. The van der Waals surface area contributed by atoms with Crippen LogP contribution < -0.4 is 5.32 Å². The van der Waals surface area contributed by atoms with Gasteiger partial charge in [0.25, 0.3) is 0 Å². The van der Waals surface area contributed by atoms with Gasteiger partial charge in [-0.25, -0.2) is 4.79 Å². The van der Waals surface area contributed by atoms with Crippen molar-refractivity contribution in [3.63, 3.8) is 0 Å². The molecule has 2 N–H and O–H groups in total. The van der Waals surface area contributed by atoms with E-state index in [1.165, 1.54) is 0 Å². The summed E-state index contributed by atoms with van der Waals surface area (Å²) in [5.74, 6) is -0.0574. The van der Waals surface area contributed by atoms with Crippen LogP contribution in [0, 0.1) is 5.92 Å². The Morgan fingerprint density at radius 3 is 2.95 bits per heavy atom. The standard InChI is InChI=1S/C14H19NO4/c16-8-12-10-18-7-6-13(12)15-14(17)19-9-11-4-2-1-3-5-11/h1-5,12-13,16H,6-10H2,(H,15,17)/t12-,13+/m1/s1. The van der Waals surface area contributed by atoms with Crippen molar-refractivity contribution in [3.05, 3.63) is 35.9 Å². The Morgan fingerprint density at radius 1 is 1.42 bits per heavy atom. The Hall–Kier alpha value is -1.59. The van der Waals surface area contributed by atoms with Gasteiger partial charge in [0.1, 0.15) is 6.61 Å². The number of rotatable bonds is 4. The molecule has 2 rings (SSSR count). The smallest absolute Gasteiger partial charge is 0.407 e. The monoisotopic (exact) mass is 265 g/mol. The lowest BCUT2D eigenvalue weighted by atomic mass is 9.97. The van der Waals surface area contributed by atoms with Crippen LogP contribution in [0.15, 0.2) is 30.3 Å². The molecule has 1 fully saturated rings. The molecule has 0 saturated carbocycles. The molecule has 104 valence electrons. The van der Waals surface area contributed by atoms with Gasteiger partial charge in [0.2, 0.25) is 0 Å². The lowest BCUT2D eigenvalue weighted by molar-refractivity contribution is 0.00755. The first-order chi connectivity index (χ1) is 9.29. The van der Waals surface area contributed by atoms with Crippen molar-refractivity contribution in [2.45, 2.75) is 19.1 Å². The first-order valence-corrected chi connectivity index (χ1v) is 6.45. The fourth-order valence-corrected chi connectivity index (χ4v) is 2.08. The highest BCUT2D eigenvalue weighted by atomic mass is 16.5. The maximum absolute atomic E-state index is 11.7. The van der Waals surface area contributed by atoms with Gasteiger partial charge in [0.05, 0.1) is 13.2 Å². The zero-order valence-corrected chi connectivity index (χ0v) is 10.7. The minimum atomic E-state index is -0.450. The van der Waals surface area contributed by atoms with E-state index in [9.17, 15) is 9.90 Å². The van der Waals surface area contributed by atoms with Crippen LogP contribution in [0.3, 0.4) is 0 Å². The summed E-state index contributed by atoms with van der Waals surface area (Å²) in [4.78, 5) is 11.7. The van der Waals surface area contributed by atoms with Crippen molar-refractivity contribution in [2.75, 3.05) is 19.8 Å². The summed E-state index contributed by atoms with van der Waals surface area (Å²) in [6.45, 7) is 1.32. The van der Waals surface area contributed by atoms with Crippen molar-refractivity contribution in [1.82, 2.24) is 5.32 Å². The van der Waals surface area contributed by atoms with Crippen LogP contribution in [0.4, 0.5) is 4.79 Å². The van der Waals surface area contributed by atoms with E-state index in [0.717, 1.165) is 5.56 Å². The molecule has 5 heteroatoms. The number of carbonyl (C=O) groups is 1. The highest BCUT2D eigenvalue weighted by molar-refractivity contribution is 5.67. The summed E-state index contributed by atoms with van der Waals surface area (Å²) in [6, 6.07) is 9.43. The second-order valence-corrected chi connectivity index (χ2v) is 4.62. The number of aliphatic hydroxyl groups excluding tert-OH is 1. The fourth-order valence-electron chi connectivity index (χ4n) is 2.08. The predicted molar refractivity (Wildman–Crippen MR) is 69.6 cm³/mol. The average molecular weight is 265 g/mol. The molecule has 1 aromatic rings. The summed E-state index contributed by atoms with van der Waals surface area (Å²) in [5, 5.41) is 12.0. The lowest BCUT2D eigenvalue weighted by Crippen LogP contribution is -2.47. The van der Waals surface area contributed by atoms with Gasteiger partial charge < -0.3 is 19.9 Å². The molecule has 2 atom stereocenters. The van der Waals surface area contributed by atoms with Gasteiger partial charge in [-0.15, -0.1) is 0 Å². The van der Waals surface area contributed by atoms with E-state index in [1.807, 2.05) is 30.3 Å². The van der Waals surface area contributed by atoms with E-state index in [1.54, 1.807) is 0 Å². The number of aliphatic hydroxyl groups is 1. The zero-order chi connectivity index (χ0) is 13.5. The van der Waals surface area contributed by atoms with Crippen LogP contribution in [-0.2, 0) is 16.1 Å². The molecule has 0 aliphatic carbocycles. The van der Waals surface area contributed by atoms with Crippen LogP contribution in [0.1, 0.15) is 12.0 Å². The van der Waals surface area contributed by atoms with Crippen LogP contribution in [0.5, 0.6) is 0 Å².